The number of aromatic nitrogens is 1. The summed E-state index contributed by atoms with van der Waals surface area (Å²) in [4.78, 5) is 15.0. The van der Waals surface area contributed by atoms with E-state index in [1.165, 1.54) is 17.8 Å². The number of carbonyl (C=O) groups excluding carboxylic acids is 1. The third kappa shape index (κ3) is 3.24. The van der Waals surface area contributed by atoms with E-state index in [1.807, 2.05) is 0 Å². The molecule has 2 unspecified atom stereocenters. The number of rotatable bonds is 3. The molecule has 2 atom stereocenters. The van der Waals surface area contributed by atoms with Crippen LogP contribution in [0.1, 0.15) is 24.8 Å². The van der Waals surface area contributed by atoms with E-state index in [0.29, 0.717) is 24.3 Å². The summed E-state index contributed by atoms with van der Waals surface area (Å²) >= 11 is 1.32. The molecule has 1 aromatic rings. The van der Waals surface area contributed by atoms with E-state index < -0.39 is 23.2 Å². The molecule has 0 aliphatic heterocycles. The molecule has 110 valence electrons. The molecule has 0 bridgehead atoms. The van der Waals surface area contributed by atoms with Gasteiger partial charge in [-0.05, 0) is 31.4 Å². The SMILES string of the molecule is NC(=O)C1(N)CCC(Sc2ccc(C(F)(F)F)cn2)C1. The molecule has 4 nitrogen and oxygen atoms in total. The predicted octanol–water partition coefficient (Wildman–Crippen LogP) is 1.93. The summed E-state index contributed by atoms with van der Waals surface area (Å²) in [5, 5.41) is 0.522. The molecule has 0 spiro atoms. The van der Waals surface area contributed by atoms with Crippen molar-refractivity contribution in [2.45, 2.75) is 41.3 Å². The molecule has 1 saturated carbocycles. The van der Waals surface area contributed by atoms with Crippen LogP contribution in [-0.2, 0) is 11.0 Å². The Morgan fingerprint density at radius 2 is 2.15 bits per heavy atom. The molecule has 0 radical (unpaired) electrons. The van der Waals surface area contributed by atoms with E-state index >= 15 is 0 Å². The van der Waals surface area contributed by atoms with Gasteiger partial charge in [-0.15, -0.1) is 11.8 Å². The van der Waals surface area contributed by atoms with E-state index in [1.54, 1.807) is 0 Å². The van der Waals surface area contributed by atoms with Gasteiger partial charge in [0.05, 0.1) is 16.1 Å². The van der Waals surface area contributed by atoms with Crippen molar-refractivity contribution in [1.82, 2.24) is 4.98 Å². The summed E-state index contributed by atoms with van der Waals surface area (Å²) in [6.45, 7) is 0. The number of amides is 1. The van der Waals surface area contributed by atoms with Crippen molar-refractivity contribution < 1.29 is 18.0 Å². The Bertz CT molecular complexity index is 506. The van der Waals surface area contributed by atoms with Crippen LogP contribution in [0.15, 0.2) is 23.4 Å². The van der Waals surface area contributed by atoms with Crippen molar-refractivity contribution in [3.63, 3.8) is 0 Å². The molecule has 4 N–H and O–H groups in total. The summed E-state index contributed by atoms with van der Waals surface area (Å²) in [6.07, 6.45) is -1.99. The minimum atomic E-state index is -4.39. The predicted molar refractivity (Wildman–Crippen MR) is 68.8 cm³/mol. The zero-order chi connectivity index (χ0) is 15.0. The van der Waals surface area contributed by atoms with Gasteiger partial charge in [0.25, 0.3) is 0 Å². The highest BCUT2D eigenvalue weighted by molar-refractivity contribution is 7.99. The molecule has 2 rings (SSSR count). The third-order valence-corrected chi connectivity index (χ3v) is 4.56. The molecule has 1 fully saturated rings. The largest absolute Gasteiger partial charge is 0.417 e. The van der Waals surface area contributed by atoms with Crippen molar-refractivity contribution in [2.24, 2.45) is 11.5 Å². The number of nitrogens with zero attached hydrogens (tertiary/aromatic N) is 1. The number of hydrogen-bond donors (Lipinski definition) is 2. The first-order valence-corrected chi connectivity index (χ1v) is 6.87. The van der Waals surface area contributed by atoms with Crippen LogP contribution < -0.4 is 11.5 Å². The smallest absolute Gasteiger partial charge is 0.368 e. The maximum atomic E-state index is 12.4. The number of carbonyl (C=O) groups is 1. The molecule has 1 aliphatic rings. The monoisotopic (exact) mass is 305 g/mol. The van der Waals surface area contributed by atoms with Crippen molar-refractivity contribution in [3.05, 3.63) is 23.9 Å². The summed E-state index contributed by atoms with van der Waals surface area (Å²) in [7, 11) is 0. The second-order valence-electron chi connectivity index (χ2n) is 4.89. The van der Waals surface area contributed by atoms with Gasteiger partial charge in [0.15, 0.2) is 0 Å². The molecular formula is C12H14F3N3OS. The van der Waals surface area contributed by atoms with Crippen LogP contribution in [0.2, 0.25) is 0 Å². The van der Waals surface area contributed by atoms with E-state index in [9.17, 15) is 18.0 Å². The van der Waals surface area contributed by atoms with Gasteiger partial charge in [0, 0.05) is 11.4 Å². The molecule has 0 aromatic carbocycles. The van der Waals surface area contributed by atoms with Crippen LogP contribution in [-0.4, -0.2) is 21.7 Å². The fraction of sp³-hybridized carbons (Fsp3) is 0.500. The molecule has 1 heterocycles. The maximum absolute atomic E-state index is 12.4. The minimum absolute atomic E-state index is 0.0386. The van der Waals surface area contributed by atoms with Gasteiger partial charge in [-0.25, -0.2) is 4.98 Å². The highest BCUT2D eigenvalue weighted by Crippen LogP contribution is 2.38. The van der Waals surface area contributed by atoms with Crippen molar-refractivity contribution in [1.29, 1.82) is 0 Å². The molecule has 20 heavy (non-hydrogen) atoms. The van der Waals surface area contributed by atoms with Crippen molar-refractivity contribution >= 4 is 17.7 Å². The summed E-state index contributed by atoms with van der Waals surface area (Å²) in [6, 6.07) is 2.32. The van der Waals surface area contributed by atoms with E-state index in [0.717, 1.165) is 12.3 Å². The normalized spacial score (nSPS) is 26.7. The summed E-state index contributed by atoms with van der Waals surface area (Å²) < 4.78 is 37.2. The lowest BCUT2D eigenvalue weighted by Gasteiger charge is -2.19. The van der Waals surface area contributed by atoms with Gasteiger partial charge in [0.2, 0.25) is 5.91 Å². The van der Waals surface area contributed by atoms with Crippen LogP contribution in [0.25, 0.3) is 0 Å². The van der Waals surface area contributed by atoms with Crippen molar-refractivity contribution in [2.75, 3.05) is 0 Å². The van der Waals surface area contributed by atoms with E-state index in [-0.39, 0.29) is 5.25 Å². The first-order chi connectivity index (χ1) is 9.21. The topological polar surface area (TPSA) is 82.0 Å². The van der Waals surface area contributed by atoms with Crippen molar-refractivity contribution in [3.8, 4) is 0 Å². The average Bonchev–Trinajstić information content (AvgIpc) is 2.72. The van der Waals surface area contributed by atoms with Gasteiger partial charge in [-0.3, -0.25) is 4.79 Å². The first kappa shape index (κ1) is 15.1. The summed E-state index contributed by atoms with van der Waals surface area (Å²) in [5.41, 5.74) is 9.32. The molecule has 1 aromatic heterocycles. The minimum Gasteiger partial charge on any atom is -0.368 e. The van der Waals surface area contributed by atoms with Gasteiger partial charge in [-0.1, -0.05) is 0 Å². The zero-order valence-corrected chi connectivity index (χ0v) is 11.3. The molecular weight excluding hydrogens is 291 g/mol. The lowest BCUT2D eigenvalue weighted by atomic mass is 9.99. The number of thioether (sulfide) groups is 1. The van der Waals surface area contributed by atoms with Gasteiger partial charge < -0.3 is 11.5 Å². The Hall–Kier alpha value is -1.28. The quantitative estimate of drug-likeness (QED) is 0.894. The second kappa shape index (κ2) is 5.25. The number of pyridine rings is 1. The molecule has 1 amide bonds. The van der Waals surface area contributed by atoms with Crippen LogP contribution in [0.3, 0.4) is 0 Å². The van der Waals surface area contributed by atoms with Gasteiger partial charge >= 0.3 is 6.18 Å². The van der Waals surface area contributed by atoms with Gasteiger partial charge in [0.1, 0.15) is 0 Å². The van der Waals surface area contributed by atoms with Crippen LogP contribution in [0.4, 0.5) is 13.2 Å². The number of hydrogen-bond acceptors (Lipinski definition) is 4. The number of halogens is 3. The van der Waals surface area contributed by atoms with Gasteiger partial charge in [-0.2, -0.15) is 13.2 Å². The molecule has 0 saturated heterocycles. The van der Waals surface area contributed by atoms with Crippen LogP contribution >= 0.6 is 11.8 Å². The second-order valence-corrected chi connectivity index (χ2v) is 6.21. The van der Waals surface area contributed by atoms with E-state index in [2.05, 4.69) is 4.98 Å². The zero-order valence-electron chi connectivity index (χ0n) is 10.5. The Morgan fingerprint density at radius 1 is 1.45 bits per heavy atom. The molecule has 1 aliphatic carbocycles. The number of primary amides is 1. The Kier molecular flexibility index (Phi) is 3.97. The average molecular weight is 305 g/mol. The van der Waals surface area contributed by atoms with Crippen LogP contribution in [0, 0.1) is 0 Å². The molecule has 8 heteroatoms. The fourth-order valence-electron chi connectivity index (χ4n) is 2.14. The lowest BCUT2D eigenvalue weighted by molar-refractivity contribution is -0.137. The Labute approximate surface area is 118 Å². The van der Waals surface area contributed by atoms with E-state index in [4.69, 9.17) is 11.5 Å². The Balaban J connectivity index is 2.00. The first-order valence-electron chi connectivity index (χ1n) is 5.99. The van der Waals surface area contributed by atoms with Crippen LogP contribution in [0.5, 0.6) is 0 Å². The Morgan fingerprint density at radius 3 is 2.60 bits per heavy atom. The third-order valence-electron chi connectivity index (χ3n) is 3.35. The highest BCUT2D eigenvalue weighted by Gasteiger charge is 2.41. The highest BCUT2D eigenvalue weighted by atomic mass is 32.2. The fourth-order valence-corrected chi connectivity index (χ4v) is 3.36. The standard InChI is InChI=1S/C12H14F3N3OS/c13-12(14,15)7-1-2-9(18-6-7)20-8-3-4-11(17,5-8)10(16)19/h1-2,6,8H,3-5,17H2,(H2,16,19). The summed E-state index contributed by atoms with van der Waals surface area (Å²) in [5.74, 6) is -0.541. The maximum Gasteiger partial charge on any atom is 0.417 e. The lowest BCUT2D eigenvalue weighted by Crippen LogP contribution is -2.50. The number of alkyl halides is 3. The number of nitrogens with two attached hydrogens (primary N) is 2.